The molecular weight excluding hydrogens is 311 g/mol. The Labute approximate surface area is 124 Å². The number of rotatable bonds is 4. The number of hydrogen-bond acceptors (Lipinski definition) is 5. The third kappa shape index (κ3) is 3.59. The van der Waals surface area contributed by atoms with Gasteiger partial charge in [0.05, 0.1) is 5.02 Å². The number of halogens is 3. The third-order valence-electron chi connectivity index (χ3n) is 2.04. The molecule has 0 fully saturated rings. The molecule has 0 amide bonds. The van der Waals surface area contributed by atoms with Crippen molar-refractivity contribution in [3.8, 4) is 11.8 Å². The summed E-state index contributed by atoms with van der Waals surface area (Å²) in [6, 6.07) is 5.05. The Morgan fingerprint density at radius 3 is 2.68 bits per heavy atom. The van der Waals surface area contributed by atoms with Gasteiger partial charge in [-0.05, 0) is 30.7 Å². The Hall–Kier alpha value is -1.30. The van der Waals surface area contributed by atoms with Crippen molar-refractivity contribution in [1.29, 1.82) is 0 Å². The van der Waals surface area contributed by atoms with Gasteiger partial charge in [0.2, 0.25) is 11.2 Å². The first kappa shape index (κ1) is 14.1. The van der Waals surface area contributed by atoms with Crippen molar-refractivity contribution in [2.75, 3.05) is 11.9 Å². The quantitative estimate of drug-likeness (QED) is 0.921. The van der Waals surface area contributed by atoms with E-state index in [0.29, 0.717) is 23.3 Å². The van der Waals surface area contributed by atoms with Gasteiger partial charge >= 0.3 is 6.01 Å². The summed E-state index contributed by atoms with van der Waals surface area (Å²) in [7, 11) is 0. The maximum atomic E-state index is 6.01. The molecule has 2 aromatic rings. The lowest BCUT2D eigenvalue weighted by molar-refractivity contribution is 0.440. The first-order valence-corrected chi connectivity index (χ1v) is 6.51. The lowest BCUT2D eigenvalue weighted by atomic mass is 10.3. The summed E-state index contributed by atoms with van der Waals surface area (Å²) in [6.07, 6.45) is 0. The molecule has 0 aliphatic carbocycles. The number of ether oxygens (including phenoxy) is 1. The van der Waals surface area contributed by atoms with Crippen LogP contribution in [-0.2, 0) is 0 Å². The minimum atomic E-state index is 0.0269. The second-order valence-electron chi connectivity index (χ2n) is 3.39. The smallest absolute Gasteiger partial charge is 0.328 e. The highest BCUT2D eigenvalue weighted by molar-refractivity contribution is 6.42. The predicted molar refractivity (Wildman–Crippen MR) is 75.5 cm³/mol. The summed E-state index contributed by atoms with van der Waals surface area (Å²) in [5.41, 5.74) is 0. The molecule has 100 valence electrons. The normalized spacial score (nSPS) is 10.3. The van der Waals surface area contributed by atoms with Crippen LogP contribution in [0.5, 0.6) is 11.8 Å². The van der Waals surface area contributed by atoms with Crippen LogP contribution in [0, 0.1) is 0 Å². The van der Waals surface area contributed by atoms with Crippen molar-refractivity contribution in [3.63, 3.8) is 0 Å². The van der Waals surface area contributed by atoms with Gasteiger partial charge in [0.1, 0.15) is 5.02 Å². The molecule has 1 N–H and O–H groups in total. The third-order valence-corrected chi connectivity index (χ3v) is 3.01. The molecule has 0 bridgehead atoms. The van der Waals surface area contributed by atoms with E-state index in [9.17, 15) is 0 Å². The second-order valence-corrected chi connectivity index (χ2v) is 4.52. The topological polar surface area (TPSA) is 59.9 Å². The molecule has 0 atom stereocenters. The van der Waals surface area contributed by atoms with Crippen molar-refractivity contribution in [2.24, 2.45) is 0 Å². The van der Waals surface area contributed by atoms with Gasteiger partial charge in [-0.2, -0.15) is 15.0 Å². The number of anilines is 1. The summed E-state index contributed by atoms with van der Waals surface area (Å²) in [5.74, 6) is 0.675. The van der Waals surface area contributed by atoms with Crippen LogP contribution in [0.15, 0.2) is 18.2 Å². The van der Waals surface area contributed by atoms with E-state index in [0.717, 1.165) is 0 Å². The van der Waals surface area contributed by atoms with Gasteiger partial charge in [-0.3, -0.25) is 0 Å². The lowest BCUT2D eigenvalue weighted by Gasteiger charge is -2.08. The van der Waals surface area contributed by atoms with Gasteiger partial charge in [0.25, 0.3) is 0 Å². The van der Waals surface area contributed by atoms with Crippen LogP contribution in [0.2, 0.25) is 15.3 Å². The highest BCUT2D eigenvalue weighted by Gasteiger charge is 2.10. The number of nitrogens with zero attached hydrogens (tertiary/aromatic N) is 3. The summed E-state index contributed by atoms with van der Waals surface area (Å²) < 4.78 is 5.45. The summed E-state index contributed by atoms with van der Waals surface area (Å²) in [5, 5.41) is 3.61. The van der Waals surface area contributed by atoms with E-state index in [1.54, 1.807) is 18.2 Å². The summed E-state index contributed by atoms with van der Waals surface area (Å²) in [6.45, 7) is 2.56. The van der Waals surface area contributed by atoms with Gasteiger partial charge in [-0.15, -0.1) is 0 Å². The average Bonchev–Trinajstić information content (AvgIpc) is 2.35. The first-order chi connectivity index (χ1) is 9.10. The molecule has 2 rings (SSSR count). The second kappa shape index (κ2) is 6.23. The zero-order valence-electron chi connectivity index (χ0n) is 9.82. The molecule has 0 saturated heterocycles. The Balaban J connectivity index is 2.30. The van der Waals surface area contributed by atoms with Crippen molar-refractivity contribution >= 4 is 40.8 Å². The van der Waals surface area contributed by atoms with Crippen LogP contribution >= 0.6 is 34.8 Å². The maximum Gasteiger partial charge on any atom is 0.328 e. The van der Waals surface area contributed by atoms with E-state index in [4.69, 9.17) is 39.5 Å². The Morgan fingerprint density at radius 1 is 1.16 bits per heavy atom. The van der Waals surface area contributed by atoms with Crippen LogP contribution in [0.1, 0.15) is 6.92 Å². The maximum absolute atomic E-state index is 6.01. The summed E-state index contributed by atoms with van der Waals surface area (Å²) in [4.78, 5) is 11.8. The lowest BCUT2D eigenvalue weighted by Crippen LogP contribution is -2.04. The Kier molecular flexibility index (Phi) is 4.63. The molecule has 19 heavy (non-hydrogen) atoms. The van der Waals surface area contributed by atoms with Crippen molar-refractivity contribution in [1.82, 2.24) is 15.0 Å². The van der Waals surface area contributed by atoms with E-state index in [-0.39, 0.29) is 16.3 Å². The highest BCUT2D eigenvalue weighted by atomic mass is 35.5. The molecule has 0 unspecified atom stereocenters. The molecule has 1 aromatic heterocycles. The van der Waals surface area contributed by atoms with Gasteiger partial charge in [-0.25, -0.2) is 0 Å². The largest absolute Gasteiger partial charge is 0.422 e. The molecule has 1 aromatic carbocycles. The van der Waals surface area contributed by atoms with Gasteiger partial charge < -0.3 is 10.1 Å². The van der Waals surface area contributed by atoms with Crippen LogP contribution in [-0.4, -0.2) is 21.5 Å². The molecule has 5 nitrogen and oxygen atoms in total. The van der Waals surface area contributed by atoms with Crippen molar-refractivity contribution in [2.45, 2.75) is 6.92 Å². The SMILES string of the molecule is CCNc1nc(Cl)nc(Oc2cccc(Cl)c2Cl)n1. The van der Waals surface area contributed by atoms with Crippen LogP contribution in [0.4, 0.5) is 5.95 Å². The molecule has 1 heterocycles. The summed E-state index contributed by atoms with van der Waals surface area (Å²) >= 11 is 17.7. The van der Waals surface area contributed by atoms with Crippen molar-refractivity contribution < 1.29 is 4.74 Å². The van der Waals surface area contributed by atoms with E-state index >= 15 is 0 Å². The van der Waals surface area contributed by atoms with E-state index in [2.05, 4.69) is 20.3 Å². The van der Waals surface area contributed by atoms with Crippen LogP contribution in [0.25, 0.3) is 0 Å². The van der Waals surface area contributed by atoms with Crippen molar-refractivity contribution in [3.05, 3.63) is 33.5 Å². The zero-order chi connectivity index (χ0) is 13.8. The van der Waals surface area contributed by atoms with Gasteiger partial charge in [0.15, 0.2) is 5.75 Å². The Bertz CT molecular complexity index is 594. The molecule has 0 aliphatic heterocycles. The van der Waals surface area contributed by atoms with E-state index in [1.165, 1.54) is 0 Å². The fourth-order valence-corrected chi connectivity index (χ4v) is 1.76. The molecule has 0 spiro atoms. The number of hydrogen-bond donors (Lipinski definition) is 1. The Morgan fingerprint density at radius 2 is 1.95 bits per heavy atom. The molecular formula is C11H9Cl3N4O. The van der Waals surface area contributed by atoms with E-state index in [1.807, 2.05) is 6.92 Å². The molecule has 8 heteroatoms. The molecule has 0 aliphatic rings. The van der Waals surface area contributed by atoms with Gasteiger partial charge in [0, 0.05) is 6.54 Å². The fraction of sp³-hybridized carbons (Fsp3) is 0.182. The fourth-order valence-electron chi connectivity index (χ4n) is 1.28. The minimum Gasteiger partial charge on any atom is -0.422 e. The number of nitrogens with one attached hydrogen (secondary N) is 1. The number of aromatic nitrogens is 3. The van der Waals surface area contributed by atoms with E-state index < -0.39 is 0 Å². The minimum absolute atomic E-state index is 0.0269. The standard InChI is InChI=1S/C11H9Cl3N4O/c1-2-15-10-16-9(14)17-11(18-10)19-7-5-3-4-6(12)8(7)13/h3-5H,2H2,1H3,(H,15,16,17,18). The monoisotopic (exact) mass is 318 g/mol. The van der Waals surface area contributed by atoms with Gasteiger partial charge in [-0.1, -0.05) is 29.3 Å². The predicted octanol–water partition coefficient (Wildman–Crippen LogP) is 4.06. The average molecular weight is 320 g/mol. The van der Waals surface area contributed by atoms with Crippen LogP contribution < -0.4 is 10.1 Å². The molecule has 0 radical (unpaired) electrons. The molecule has 0 saturated carbocycles. The first-order valence-electron chi connectivity index (χ1n) is 5.37. The van der Waals surface area contributed by atoms with Crippen LogP contribution in [0.3, 0.4) is 0 Å². The number of benzene rings is 1. The zero-order valence-corrected chi connectivity index (χ0v) is 12.1. The highest BCUT2D eigenvalue weighted by Crippen LogP contribution is 2.33.